The van der Waals surface area contributed by atoms with E-state index < -0.39 is 83.3 Å². The van der Waals surface area contributed by atoms with E-state index in [0.29, 0.717) is 53.4 Å². The van der Waals surface area contributed by atoms with Crippen LogP contribution in [-0.4, -0.2) is 128 Å². The van der Waals surface area contributed by atoms with Crippen LogP contribution in [0.1, 0.15) is 65.4 Å². The molecule has 0 radical (unpaired) electrons. The Hall–Kier alpha value is -8.44. The van der Waals surface area contributed by atoms with Gasteiger partial charge in [-0.05, 0) is 64.6 Å². The Labute approximate surface area is 445 Å². The Morgan fingerprint density at radius 2 is 1.55 bits per heavy atom. The van der Waals surface area contributed by atoms with Crippen LogP contribution in [0.5, 0.6) is 17.2 Å². The lowest BCUT2D eigenvalue weighted by atomic mass is 9.64. The topological polar surface area (TPSA) is 232 Å². The van der Waals surface area contributed by atoms with Gasteiger partial charge in [-0.25, -0.2) is 19.3 Å². The van der Waals surface area contributed by atoms with Gasteiger partial charge in [0.05, 0.1) is 44.0 Å². The van der Waals surface area contributed by atoms with E-state index in [-0.39, 0.29) is 56.6 Å². The maximum absolute atomic E-state index is 16.9. The molecule has 5 aromatic carbocycles. The molecular formula is C58H59N7O12. The van der Waals surface area contributed by atoms with Crippen molar-refractivity contribution in [1.82, 2.24) is 25.3 Å². The van der Waals surface area contributed by atoms with Crippen LogP contribution < -0.4 is 35.5 Å². The Morgan fingerprint density at radius 1 is 0.844 bits per heavy atom. The van der Waals surface area contributed by atoms with Crippen LogP contribution in [-0.2, 0) is 40.6 Å². The summed E-state index contributed by atoms with van der Waals surface area (Å²) < 4.78 is 29.3. The molecule has 5 aliphatic rings. The van der Waals surface area contributed by atoms with Gasteiger partial charge in [0.25, 0.3) is 0 Å². The number of cyclic esters (lactones) is 1. The summed E-state index contributed by atoms with van der Waals surface area (Å²) in [5.74, 6) is 2.46. The van der Waals surface area contributed by atoms with E-state index in [2.05, 4.69) is 27.4 Å². The standard InChI is InChI=1S/C58H59N7O12/c1-35(2)47(53(68)73-3)61-57(72)64-42-22-20-36(13-12-24-60-56(59)71)31-41(42)58(55(64)70)46(52(67)63-27-25-62(26-28-63)33-37-21-23-44-45(32-37)76-34-75-44)49-54(69)77-50(39-16-8-5-9-17-39)48(38-14-6-4-7-15-38)65(49)51(58)40-18-10-11-19-43(40)74-30-29-66/h4-11,14-23,31-32,35,46-51,66H,24-30,33-34H2,1-3H3,(H,61,72)(H3,59,60,71). The number of carbonyl (C=O) groups excluding carboxylic acids is 6. The maximum atomic E-state index is 16.9. The second-order valence-corrected chi connectivity index (χ2v) is 19.8. The monoisotopic (exact) mass is 1050 g/mol. The van der Waals surface area contributed by atoms with Crippen molar-refractivity contribution in [3.05, 3.63) is 155 Å². The summed E-state index contributed by atoms with van der Waals surface area (Å²) in [7, 11) is 1.20. The van der Waals surface area contributed by atoms with Crippen molar-refractivity contribution >= 4 is 41.5 Å². The van der Waals surface area contributed by atoms with Gasteiger partial charge in [0.15, 0.2) is 11.5 Å². The molecule has 398 valence electrons. The average Bonchev–Trinajstić information content (AvgIpc) is 3.37. The summed E-state index contributed by atoms with van der Waals surface area (Å²) in [4.78, 5) is 96.2. The number of anilines is 1. The summed E-state index contributed by atoms with van der Waals surface area (Å²) in [5, 5.41) is 15.4. The molecule has 19 heteroatoms. The molecule has 77 heavy (non-hydrogen) atoms. The van der Waals surface area contributed by atoms with Crippen molar-refractivity contribution < 1.29 is 57.6 Å². The van der Waals surface area contributed by atoms with Gasteiger partial charge < -0.3 is 50.1 Å². The number of hydrogen-bond acceptors (Lipinski definition) is 14. The summed E-state index contributed by atoms with van der Waals surface area (Å²) in [5.41, 5.74) is 6.44. The summed E-state index contributed by atoms with van der Waals surface area (Å²) in [6.45, 7) is 4.71. The number of piperazine rings is 1. The third-order valence-corrected chi connectivity index (χ3v) is 15.0. The average molecular weight is 1050 g/mol. The molecule has 0 aliphatic carbocycles. The fourth-order valence-corrected chi connectivity index (χ4v) is 11.6. The highest BCUT2D eigenvalue weighted by Gasteiger charge is 2.76. The highest BCUT2D eigenvalue weighted by molar-refractivity contribution is 6.25. The molecule has 0 saturated carbocycles. The van der Waals surface area contributed by atoms with E-state index >= 15 is 19.2 Å². The van der Waals surface area contributed by atoms with E-state index in [1.54, 1.807) is 61.2 Å². The predicted molar refractivity (Wildman–Crippen MR) is 279 cm³/mol. The third-order valence-electron chi connectivity index (χ3n) is 15.0. The largest absolute Gasteiger partial charge is 0.491 e. The van der Waals surface area contributed by atoms with Gasteiger partial charge >= 0.3 is 24.0 Å². The zero-order valence-electron chi connectivity index (χ0n) is 42.8. The first-order valence-corrected chi connectivity index (χ1v) is 25.5. The molecule has 7 unspecified atom stereocenters. The van der Waals surface area contributed by atoms with Gasteiger partial charge in [-0.15, -0.1) is 0 Å². The molecule has 1 spiro atoms. The van der Waals surface area contributed by atoms with Crippen LogP contribution in [0.3, 0.4) is 0 Å². The van der Waals surface area contributed by atoms with Crippen molar-refractivity contribution in [2.45, 2.75) is 56.1 Å². The number of imide groups is 1. The minimum Gasteiger partial charge on any atom is -0.491 e. The van der Waals surface area contributed by atoms with Crippen LogP contribution in [0, 0.1) is 23.7 Å². The quantitative estimate of drug-likeness (QED) is 0.0924. The summed E-state index contributed by atoms with van der Waals surface area (Å²) >= 11 is 0. The number of benzene rings is 5. The number of urea groups is 2. The number of nitrogens with one attached hydrogen (secondary N) is 2. The number of methoxy groups -OCH3 is 1. The number of nitrogens with two attached hydrogens (primary N) is 1. The highest BCUT2D eigenvalue weighted by atomic mass is 16.7. The molecule has 6 amide bonds. The normalized spacial score (nSPS) is 22.8. The maximum Gasteiger partial charge on any atom is 0.329 e. The van der Waals surface area contributed by atoms with Crippen molar-refractivity contribution in [2.24, 2.45) is 17.6 Å². The van der Waals surface area contributed by atoms with Gasteiger partial charge in [0.1, 0.15) is 36.0 Å². The SMILES string of the molecule is COC(=O)C(NC(=O)N1C(=O)C2(c3cc(C#CCNC(N)=O)ccc31)C(C(=O)N1CCN(Cc3ccc4c(c3)OCO4)CC1)C1C(=O)OC(c3ccccc3)C(c3ccccc3)N1C2c1ccccc1OCCO)C(C)C. The molecule has 5 aliphatic heterocycles. The first-order chi connectivity index (χ1) is 37.3. The molecular weight excluding hydrogens is 987 g/mol. The molecule has 5 N–H and O–H groups in total. The molecule has 3 fully saturated rings. The fourth-order valence-electron chi connectivity index (χ4n) is 11.6. The van der Waals surface area contributed by atoms with Crippen LogP contribution in [0.2, 0.25) is 0 Å². The predicted octanol–water partition coefficient (Wildman–Crippen LogP) is 4.72. The minimum absolute atomic E-state index is 0.0647. The number of hydrogen-bond donors (Lipinski definition) is 4. The number of fused-ring (bicyclic) bond motifs is 4. The number of aliphatic hydroxyl groups excluding tert-OH is 1. The highest BCUT2D eigenvalue weighted by Crippen LogP contribution is 2.67. The number of rotatable bonds is 13. The Kier molecular flexibility index (Phi) is 14.9. The number of morpholine rings is 1. The van der Waals surface area contributed by atoms with Crippen LogP contribution in [0.4, 0.5) is 15.3 Å². The molecule has 5 heterocycles. The van der Waals surface area contributed by atoms with E-state index in [4.69, 9.17) is 29.4 Å². The van der Waals surface area contributed by atoms with Crippen LogP contribution in [0.25, 0.3) is 0 Å². The second-order valence-electron chi connectivity index (χ2n) is 19.8. The Balaban J connectivity index is 1.21. The minimum atomic E-state index is -2.20. The zero-order valence-corrected chi connectivity index (χ0v) is 42.8. The van der Waals surface area contributed by atoms with Crippen LogP contribution in [0.15, 0.2) is 121 Å². The van der Waals surface area contributed by atoms with Gasteiger partial charge in [0.2, 0.25) is 18.6 Å². The lowest BCUT2D eigenvalue weighted by Crippen LogP contribution is -2.59. The Bertz CT molecular complexity index is 3140. The number of nitrogens with zero attached hydrogens (tertiary/aromatic N) is 4. The van der Waals surface area contributed by atoms with E-state index in [9.17, 15) is 14.7 Å². The van der Waals surface area contributed by atoms with E-state index in [1.807, 2.05) is 83.8 Å². The number of para-hydroxylation sites is 1. The lowest BCUT2D eigenvalue weighted by Gasteiger charge is -2.46. The van der Waals surface area contributed by atoms with Crippen molar-refractivity contribution in [1.29, 1.82) is 0 Å². The summed E-state index contributed by atoms with van der Waals surface area (Å²) in [6, 6.07) is 29.4. The number of ether oxygens (including phenoxy) is 5. The fraction of sp³-hybridized carbons (Fsp3) is 0.345. The smallest absolute Gasteiger partial charge is 0.329 e. The molecule has 10 rings (SSSR count). The summed E-state index contributed by atoms with van der Waals surface area (Å²) in [6.07, 6.45) is -1.00. The first-order valence-electron chi connectivity index (χ1n) is 25.5. The van der Waals surface area contributed by atoms with Gasteiger partial charge in [-0.2, -0.15) is 0 Å². The Morgan fingerprint density at radius 3 is 2.25 bits per heavy atom. The number of amides is 6. The second kappa shape index (κ2) is 22.0. The van der Waals surface area contributed by atoms with Crippen molar-refractivity contribution in [3.63, 3.8) is 0 Å². The van der Waals surface area contributed by atoms with E-state index in [1.165, 1.54) is 7.11 Å². The van der Waals surface area contributed by atoms with Crippen molar-refractivity contribution in [2.75, 3.05) is 64.7 Å². The van der Waals surface area contributed by atoms with Gasteiger partial charge in [-0.1, -0.05) is 111 Å². The molecule has 7 atom stereocenters. The number of aliphatic hydroxyl groups is 1. The van der Waals surface area contributed by atoms with Gasteiger partial charge in [-0.3, -0.25) is 24.2 Å². The molecule has 0 aromatic heterocycles. The van der Waals surface area contributed by atoms with E-state index in [0.717, 1.165) is 10.5 Å². The molecule has 0 bridgehead atoms. The first kappa shape index (κ1) is 52.0. The molecule has 3 saturated heterocycles. The number of esters is 2. The number of carbonyl (C=O) groups is 6. The zero-order chi connectivity index (χ0) is 54.0. The third kappa shape index (κ3) is 9.64. The lowest BCUT2D eigenvalue weighted by molar-refractivity contribution is -0.179. The number of primary amides is 1. The van der Waals surface area contributed by atoms with Gasteiger partial charge in [0, 0.05) is 43.9 Å². The molecule has 5 aromatic rings. The van der Waals surface area contributed by atoms with Crippen molar-refractivity contribution in [3.8, 4) is 29.1 Å². The molecule has 19 nitrogen and oxygen atoms in total. The van der Waals surface area contributed by atoms with Crippen LogP contribution >= 0.6 is 0 Å².